The Morgan fingerprint density at radius 2 is 1.39 bits per heavy atom. The number of amides is 2. The summed E-state index contributed by atoms with van der Waals surface area (Å²) >= 11 is 0. The normalized spacial score (nSPS) is 12.1. The van der Waals surface area contributed by atoms with Crippen LogP contribution in [-0.4, -0.2) is 60.8 Å². The number of nitrogens with two attached hydrogens (primary N) is 1. The van der Waals surface area contributed by atoms with Gasteiger partial charge in [0.1, 0.15) is 11.8 Å². The first-order valence-corrected chi connectivity index (χ1v) is 12.3. The molecular formula is C24H52N4O3. The first-order valence-electron chi connectivity index (χ1n) is 12.3. The van der Waals surface area contributed by atoms with Crippen LogP contribution in [0.5, 0.6) is 0 Å². The predicted molar refractivity (Wildman–Crippen MR) is 132 cm³/mol. The Kier molecular flexibility index (Phi) is 25.6. The van der Waals surface area contributed by atoms with Crippen LogP contribution in [0, 0.1) is 5.92 Å². The topological polar surface area (TPSA) is 105 Å². The second-order valence-corrected chi connectivity index (χ2v) is 7.59. The van der Waals surface area contributed by atoms with Crippen LogP contribution in [0.15, 0.2) is 0 Å². The smallest absolute Gasteiger partial charge is 0.242 e. The van der Waals surface area contributed by atoms with E-state index < -0.39 is 12.1 Å². The van der Waals surface area contributed by atoms with Crippen LogP contribution in [0.4, 0.5) is 0 Å². The molecule has 0 aromatic carbocycles. The summed E-state index contributed by atoms with van der Waals surface area (Å²) in [6.07, 6.45) is 4.56. The molecule has 0 aliphatic rings. The molecule has 0 aliphatic carbocycles. The minimum absolute atomic E-state index is 0.0115. The number of nitrogens with zero attached hydrogens (tertiary/aromatic N) is 1. The maximum atomic E-state index is 12.4. The van der Waals surface area contributed by atoms with Gasteiger partial charge in [0.15, 0.2) is 0 Å². The van der Waals surface area contributed by atoms with Crippen molar-refractivity contribution in [1.29, 1.82) is 0 Å². The molecule has 2 atom stereocenters. The Balaban J connectivity index is -0.00000184. The summed E-state index contributed by atoms with van der Waals surface area (Å²) in [6.45, 7) is 20.6. The van der Waals surface area contributed by atoms with Crippen LogP contribution in [0.25, 0.3) is 0 Å². The average Bonchev–Trinajstić information content (AvgIpc) is 2.76. The third kappa shape index (κ3) is 19.0. The summed E-state index contributed by atoms with van der Waals surface area (Å²) in [5.41, 5.74) is 5.89. The van der Waals surface area contributed by atoms with Crippen molar-refractivity contribution in [1.82, 2.24) is 15.5 Å². The van der Waals surface area contributed by atoms with E-state index in [0.717, 1.165) is 45.3 Å². The maximum Gasteiger partial charge on any atom is 0.242 e. The molecular weight excluding hydrogens is 392 g/mol. The van der Waals surface area contributed by atoms with Gasteiger partial charge in [0, 0.05) is 0 Å². The van der Waals surface area contributed by atoms with Gasteiger partial charge in [0.2, 0.25) is 11.8 Å². The molecule has 2 unspecified atom stereocenters. The molecule has 0 saturated carbocycles. The molecule has 7 heteroatoms. The fourth-order valence-corrected chi connectivity index (χ4v) is 2.83. The second kappa shape index (κ2) is 23.2. The first-order chi connectivity index (χ1) is 14.7. The summed E-state index contributed by atoms with van der Waals surface area (Å²) in [5.74, 6) is -0.787. The summed E-state index contributed by atoms with van der Waals surface area (Å²) < 4.78 is 0. The average molecular weight is 445 g/mol. The van der Waals surface area contributed by atoms with E-state index in [1.54, 1.807) is 0 Å². The lowest BCUT2D eigenvalue weighted by Gasteiger charge is -2.23. The molecule has 0 heterocycles. The zero-order valence-electron chi connectivity index (χ0n) is 21.8. The third-order valence-electron chi connectivity index (χ3n) is 4.46. The van der Waals surface area contributed by atoms with Crippen molar-refractivity contribution in [3.8, 4) is 0 Å². The van der Waals surface area contributed by atoms with Gasteiger partial charge >= 0.3 is 0 Å². The standard InChI is InChI=1S/C20H40N4O3.2C2H6/c1-6-11-24(12-7-2)13-9-8-10-17(19(26)22-14-16(5)25)23-20(27)18(21)15(3)4;2*1-2/h15,17-18H,6-14,21H2,1-5H3,(H,22,26)(H,23,27);2*1-2H3. The minimum Gasteiger partial charge on any atom is -0.347 e. The molecule has 0 bridgehead atoms. The van der Waals surface area contributed by atoms with Crippen molar-refractivity contribution >= 4 is 17.6 Å². The van der Waals surface area contributed by atoms with Crippen molar-refractivity contribution in [3.63, 3.8) is 0 Å². The lowest BCUT2D eigenvalue weighted by atomic mass is 10.0. The van der Waals surface area contributed by atoms with E-state index in [0.29, 0.717) is 6.42 Å². The zero-order chi connectivity index (χ0) is 24.8. The van der Waals surface area contributed by atoms with E-state index in [-0.39, 0.29) is 30.1 Å². The highest BCUT2D eigenvalue weighted by Gasteiger charge is 2.25. The molecule has 7 nitrogen and oxygen atoms in total. The van der Waals surface area contributed by atoms with Crippen LogP contribution in [0.1, 0.15) is 94.4 Å². The highest BCUT2D eigenvalue weighted by molar-refractivity contribution is 5.91. The molecule has 0 aromatic rings. The Labute approximate surface area is 192 Å². The second-order valence-electron chi connectivity index (χ2n) is 7.59. The van der Waals surface area contributed by atoms with Crippen LogP contribution in [0.2, 0.25) is 0 Å². The number of nitrogens with one attached hydrogen (secondary N) is 2. The molecule has 0 rings (SSSR count). The van der Waals surface area contributed by atoms with Crippen molar-refractivity contribution < 1.29 is 14.4 Å². The predicted octanol–water partition coefficient (Wildman–Crippen LogP) is 3.50. The zero-order valence-corrected chi connectivity index (χ0v) is 21.8. The summed E-state index contributed by atoms with van der Waals surface area (Å²) in [5, 5.41) is 5.35. The van der Waals surface area contributed by atoms with Gasteiger partial charge in [-0.1, -0.05) is 55.4 Å². The molecule has 0 aliphatic heterocycles. The van der Waals surface area contributed by atoms with Gasteiger partial charge in [-0.15, -0.1) is 0 Å². The summed E-state index contributed by atoms with van der Waals surface area (Å²) in [6, 6.07) is -1.31. The van der Waals surface area contributed by atoms with Crippen molar-refractivity contribution in [2.24, 2.45) is 11.7 Å². The number of unbranched alkanes of at least 4 members (excludes halogenated alkanes) is 1. The molecule has 0 aromatic heterocycles. The van der Waals surface area contributed by atoms with E-state index in [1.807, 2.05) is 41.5 Å². The SMILES string of the molecule is CC.CC.CCCN(CCC)CCCCC(NC(=O)C(N)C(C)C)C(=O)NCC(C)=O. The van der Waals surface area contributed by atoms with Crippen LogP contribution >= 0.6 is 0 Å². The highest BCUT2D eigenvalue weighted by Crippen LogP contribution is 2.06. The van der Waals surface area contributed by atoms with Gasteiger partial charge in [-0.3, -0.25) is 14.4 Å². The van der Waals surface area contributed by atoms with Crippen molar-refractivity contribution in [3.05, 3.63) is 0 Å². The summed E-state index contributed by atoms with van der Waals surface area (Å²) in [4.78, 5) is 38.2. The van der Waals surface area contributed by atoms with Crippen molar-refractivity contribution in [2.75, 3.05) is 26.2 Å². The molecule has 0 saturated heterocycles. The van der Waals surface area contributed by atoms with Gasteiger partial charge in [-0.05, 0) is 64.6 Å². The number of hydrogen-bond donors (Lipinski definition) is 3. The van der Waals surface area contributed by atoms with Gasteiger partial charge in [-0.2, -0.15) is 0 Å². The van der Waals surface area contributed by atoms with Crippen LogP contribution in [-0.2, 0) is 14.4 Å². The van der Waals surface area contributed by atoms with E-state index in [2.05, 4.69) is 29.4 Å². The maximum absolute atomic E-state index is 12.4. The number of rotatable bonds is 15. The Hall–Kier alpha value is -1.47. The Morgan fingerprint density at radius 1 is 0.871 bits per heavy atom. The highest BCUT2D eigenvalue weighted by atomic mass is 16.2. The fourth-order valence-electron chi connectivity index (χ4n) is 2.83. The Bertz CT molecular complexity index is 450. The molecule has 186 valence electrons. The monoisotopic (exact) mass is 444 g/mol. The van der Waals surface area contributed by atoms with Crippen molar-refractivity contribution in [2.45, 2.75) is 107 Å². The molecule has 31 heavy (non-hydrogen) atoms. The van der Waals surface area contributed by atoms with Gasteiger partial charge < -0.3 is 21.3 Å². The largest absolute Gasteiger partial charge is 0.347 e. The summed E-state index contributed by atoms with van der Waals surface area (Å²) in [7, 11) is 0. The Morgan fingerprint density at radius 3 is 1.81 bits per heavy atom. The lowest BCUT2D eigenvalue weighted by molar-refractivity contribution is -0.131. The van der Waals surface area contributed by atoms with Gasteiger partial charge in [0.25, 0.3) is 0 Å². The fraction of sp³-hybridized carbons (Fsp3) is 0.875. The first kappa shape index (κ1) is 34.2. The molecule has 2 amide bonds. The minimum atomic E-state index is -0.660. The number of hydrogen-bond acceptors (Lipinski definition) is 5. The number of ketones is 1. The van der Waals surface area contributed by atoms with Gasteiger partial charge in [0.05, 0.1) is 12.6 Å². The molecule has 0 radical (unpaired) electrons. The quantitative estimate of drug-likeness (QED) is 0.335. The molecule has 0 fully saturated rings. The number of carbonyl (C=O) groups excluding carboxylic acids is 3. The molecule has 0 spiro atoms. The van der Waals surface area contributed by atoms with E-state index in [9.17, 15) is 14.4 Å². The van der Waals surface area contributed by atoms with Crippen LogP contribution < -0.4 is 16.4 Å². The van der Waals surface area contributed by atoms with E-state index in [4.69, 9.17) is 5.73 Å². The number of Topliss-reactive ketones (excluding diaryl/α,β-unsaturated/α-hetero) is 1. The van der Waals surface area contributed by atoms with Crippen LogP contribution in [0.3, 0.4) is 0 Å². The van der Waals surface area contributed by atoms with E-state index >= 15 is 0 Å². The third-order valence-corrected chi connectivity index (χ3v) is 4.46. The molecule has 4 N–H and O–H groups in total. The van der Waals surface area contributed by atoms with Gasteiger partial charge in [-0.25, -0.2) is 0 Å². The number of carbonyl (C=O) groups is 3. The lowest BCUT2D eigenvalue weighted by Crippen LogP contribution is -2.53. The van der Waals surface area contributed by atoms with E-state index in [1.165, 1.54) is 6.92 Å².